The topological polar surface area (TPSA) is 78.9 Å². The van der Waals surface area contributed by atoms with Gasteiger partial charge in [0, 0.05) is 18.7 Å². The fourth-order valence-corrected chi connectivity index (χ4v) is 1.31. The van der Waals surface area contributed by atoms with Crippen molar-refractivity contribution in [3.05, 3.63) is 35.4 Å². The van der Waals surface area contributed by atoms with Crippen LogP contribution in [-0.4, -0.2) is 12.5 Å². The van der Waals surface area contributed by atoms with Gasteiger partial charge in [0.15, 0.2) is 0 Å². The molecule has 0 bridgehead atoms. The maximum Gasteiger partial charge on any atom is 0.248 e. The minimum Gasteiger partial charge on any atom is -0.366 e. The lowest BCUT2D eigenvalue weighted by Gasteiger charge is -2.06. The van der Waals surface area contributed by atoms with Gasteiger partial charge in [-0.1, -0.05) is 12.1 Å². The number of carbonyl (C=O) groups excluding carboxylic acids is 1. The molecule has 1 unspecified atom stereocenters. The highest BCUT2D eigenvalue weighted by atomic mass is 16.1. The lowest BCUT2D eigenvalue weighted by atomic mass is 10.1. The second-order valence-electron chi connectivity index (χ2n) is 3.73. The predicted octanol–water partition coefficient (Wildman–Crippen LogP) is 1.03. The maximum absolute atomic E-state index is 10.9. The molecule has 4 heteroatoms. The predicted molar refractivity (Wildman–Crippen MR) is 61.4 cm³/mol. The number of benzene rings is 1. The van der Waals surface area contributed by atoms with Crippen molar-refractivity contribution in [3.63, 3.8) is 0 Å². The van der Waals surface area contributed by atoms with Gasteiger partial charge in [0.25, 0.3) is 0 Å². The molecule has 1 amide bonds. The van der Waals surface area contributed by atoms with Crippen molar-refractivity contribution in [2.45, 2.75) is 13.5 Å². The summed E-state index contributed by atoms with van der Waals surface area (Å²) in [6, 6.07) is 9.29. The number of hydrogen-bond acceptors (Lipinski definition) is 3. The van der Waals surface area contributed by atoms with E-state index in [9.17, 15) is 4.79 Å². The summed E-state index contributed by atoms with van der Waals surface area (Å²) in [6.45, 7) is 3.12. The summed E-state index contributed by atoms with van der Waals surface area (Å²) in [7, 11) is 0. The van der Waals surface area contributed by atoms with Crippen LogP contribution < -0.4 is 11.1 Å². The van der Waals surface area contributed by atoms with Gasteiger partial charge >= 0.3 is 0 Å². The maximum atomic E-state index is 10.9. The standard InChI is InChI=1S/C12H15N3O/c1-9(6-13)7-15-8-10-3-2-4-11(5-10)12(14)16/h2-5,9,15H,7-8H2,1H3,(H2,14,16). The van der Waals surface area contributed by atoms with Crippen LogP contribution in [0.3, 0.4) is 0 Å². The number of primary amides is 1. The van der Waals surface area contributed by atoms with Crippen molar-refractivity contribution in [1.29, 1.82) is 5.26 Å². The molecule has 1 aromatic carbocycles. The largest absolute Gasteiger partial charge is 0.366 e. The lowest BCUT2D eigenvalue weighted by Crippen LogP contribution is -2.20. The number of hydrogen-bond donors (Lipinski definition) is 2. The van der Waals surface area contributed by atoms with Crippen LogP contribution in [0.2, 0.25) is 0 Å². The molecule has 1 atom stereocenters. The average Bonchev–Trinajstić information content (AvgIpc) is 2.29. The highest BCUT2D eigenvalue weighted by Crippen LogP contribution is 2.04. The third-order valence-electron chi connectivity index (χ3n) is 2.21. The van der Waals surface area contributed by atoms with E-state index in [0.29, 0.717) is 18.7 Å². The normalized spacial score (nSPS) is 11.8. The highest BCUT2D eigenvalue weighted by molar-refractivity contribution is 5.92. The minimum absolute atomic E-state index is 0.0145. The SMILES string of the molecule is CC(C#N)CNCc1cccc(C(N)=O)c1. The Bertz CT molecular complexity index is 409. The quantitative estimate of drug-likeness (QED) is 0.773. The van der Waals surface area contributed by atoms with Crippen molar-refractivity contribution >= 4 is 5.91 Å². The number of nitrogens with zero attached hydrogens (tertiary/aromatic N) is 1. The first-order valence-corrected chi connectivity index (χ1v) is 5.12. The molecule has 16 heavy (non-hydrogen) atoms. The van der Waals surface area contributed by atoms with Gasteiger partial charge in [-0.05, 0) is 24.6 Å². The van der Waals surface area contributed by atoms with Crippen molar-refractivity contribution in [2.24, 2.45) is 11.7 Å². The number of nitrogens with two attached hydrogens (primary N) is 1. The van der Waals surface area contributed by atoms with Crippen LogP contribution in [0, 0.1) is 17.2 Å². The van der Waals surface area contributed by atoms with E-state index in [1.165, 1.54) is 0 Å². The van der Waals surface area contributed by atoms with Crippen molar-refractivity contribution in [3.8, 4) is 6.07 Å². The molecule has 4 nitrogen and oxygen atoms in total. The molecule has 84 valence electrons. The van der Waals surface area contributed by atoms with Gasteiger partial charge in [-0.25, -0.2) is 0 Å². The van der Waals surface area contributed by atoms with Crippen LogP contribution in [0.1, 0.15) is 22.8 Å². The summed E-state index contributed by atoms with van der Waals surface area (Å²) in [5, 5.41) is 11.7. The molecule has 0 saturated heterocycles. The van der Waals surface area contributed by atoms with E-state index in [2.05, 4.69) is 11.4 Å². The Morgan fingerprint density at radius 3 is 3.00 bits per heavy atom. The second-order valence-corrected chi connectivity index (χ2v) is 3.73. The molecule has 0 aliphatic rings. The Morgan fingerprint density at radius 1 is 1.62 bits per heavy atom. The molecular formula is C12H15N3O. The number of nitriles is 1. The van der Waals surface area contributed by atoms with Crippen LogP contribution in [0.5, 0.6) is 0 Å². The second kappa shape index (κ2) is 5.89. The van der Waals surface area contributed by atoms with Gasteiger partial charge < -0.3 is 11.1 Å². The van der Waals surface area contributed by atoms with E-state index in [1.807, 2.05) is 13.0 Å². The molecule has 0 aliphatic carbocycles. The van der Waals surface area contributed by atoms with Gasteiger partial charge in [0.1, 0.15) is 0 Å². The average molecular weight is 217 g/mol. The summed E-state index contributed by atoms with van der Waals surface area (Å²) < 4.78 is 0. The molecule has 0 heterocycles. The van der Waals surface area contributed by atoms with Gasteiger partial charge in [-0.2, -0.15) is 5.26 Å². The first-order valence-electron chi connectivity index (χ1n) is 5.12. The molecule has 0 fully saturated rings. The molecule has 3 N–H and O–H groups in total. The third kappa shape index (κ3) is 3.71. The number of nitrogens with one attached hydrogen (secondary N) is 1. The molecule has 0 aliphatic heterocycles. The Hall–Kier alpha value is -1.86. The Kier molecular flexibility index (Phi) is 4.49. The van der Waals surface area contributed by atoms with E-state index < -0.39 is 5.91 Å². The minimum atomic E-state index is -0.424. The summed E-state index contributed by atoms with van der Waals surface area (Å²) >= 11 is 0. The first kappa shape index (κ1) is 12.2. The van der Waals surface area contributed by atoms with E-state index in [0.717, 1.165) is 5.56 Å². The summed E-state index contributed by atoms with van der Waals surface area (Å²) in [5.74, 6) is -0.438. The smallest absolute Gasteiger partial charge is 0.248 e. The highest BCUT2D eigenvalue weighted by Gasteiger charge is 2.02. The van der Waals surface area contributed by atoms with E-state index in [1.54, 1.807) is 18.2 Å². The van der Waals surface area contributed by atoms with Gasteiger partial charge in [0.2, 0.25) is 5.91 Å². The molecule has 1 aromatic rings. The Balaban J connectivity index is 2.52. The van der Waals surface area contributed by atoms with Gasteiger partial charge in [-0.15, -0.1) is 0 Å². The molecule has 0 spiro atoms. The van der Waals surface area contributed by atoms with Gasteiger partial charge in [0.05, 0.1) is 12.0 Å². The number of rotatable bonds is 5. The fraction of sp³-hybridized carbons (Fsp3) is 0.333. The molecule has 1 rings (SSSR count). The third-order valence-corrected chi connectivity index (χ3v) is 2.21. The summed E-state index contributed by atoms with van der Waals surface area (Å²) in [5.41, 5.74) is 6.67. The summed E-state index contributed by atoms with van der Waals surface area (Å²) in [4.78, 5) is 10.9. The zero-order chi connectivity index (χ0) is 12.0. The molecular weight excluding hydrogens is 202 g/mol. The summed E-state index contributed by atoms with van der Waals surface area (Å²) in [6.07, 6.45) is 0. The van der Waals surface area contributed by atoms with E-state index >= 15 is 0 Å². The van der Waals surface area contributed by atoms with Gasteiger partial charge in [-0.3, -0.25) is 4.79 Å². The number of carbonyl (C=O) groups is 1. The Labute approximate surface area is 95.1 Å². The Morgan fingerprint density at radius 2 is 2.38 bits per heavy atom. The van der Waals surface area contributed by atoms with E-state index in [-0.39, 0.29) is 5.92 Å². The molecule has 0 saturated carbocycles. The fourth-order valence-electron chi connectivity index (χ4n) is 1.31. The van der Waals surface area contributed by atoms with Crippen molar-refractivity contribution in [2.75, 3.05) is 6.54 Å². The zero-order valence-electron chi connectivity index (χ0n) is 9.23. The molecule has 0 radical (unpaired) electrons. The van der Waals surface area contributed by atoms with Crippen LogP contribution in [-0.2, 0) is 6.54 Å². The van der Waals surface area contributed by atoms with Crippen molar-refractivity contribution in [1.82, 2.24) is 5.32 Å². The van der Waals surface area contributed by atoms with Crippen molar-refractivity contribution < 1.29 is 4.79 Å². The monoisotopic (exact) mass is 217 g/mol. The van der Waals surface area contributed by atoms with Crippen LogP contribution in [0.15, 0.2) is 24.3 Å². The number of amides is 1. The molecule has 0 aromatic heterocycles. The zero-order valence-corrected chi connectivity index (χ0v) is 9.23. The first-order chi connectivity index (χ1) is 7.63. The van der Waals surface area contributed by atoms with Crippen LogP contribution >= 0.6 is 0 Å². The van der Waals surface area contributed by atoms with Crippen LogP contribution in [0.25, 0.3) is 0 Å². The van der Waals surface area contributed by atoms with Crippen LogP contribution in [0.4, 0.5) is 0 Å². The lowest BCUT2D eigenvalue weighted by molar-refractivity contribution is 0.1000. The van der Waals surface area contributed by atoms with E-state index in [4.69, 9.17) is 11.0 Å².